The number of ether oxygens (including phenoxy) is 1. The molecule has 0 aromatic carbocycles. The van der Waals surface area contributed by atoms with Gasteiger partial charge >= 0.3 is 11.9 Å². The van der Waals surface area contributed by atoms with Crippen LogP contribution in [0.15, 0.2) is 36.5 Å². The van der Waals surface area contributed by atoms with Crippen LogP contribution in [-0.4, -0.2) is 24.2 Å². The molecule has 0 heterocycles. The van der Waals surface area contributed by atoms with Crippen molar-refractivity contribution in [3.63, 3.8) is 0 Å². The number of carboxylic acids is 1. The molecule has 0 atom stereocenters. The van der Waals surface area contributed by atoms with E-state index in [1.54, 1.807) is 6.92 Å². The maximum Gasteiger partial charge on any atom is 0.332 e. The van der Waals surface area contributed by atoms with Crippen LogP contribution in [0.25, 0.3) is 0 Å². The largest absolute Gasteiger partial charge is 0.478 e. The first-order chi connectivity index (χ1) is 7.56. The van der Waals surface area contributed by atoms with Crippen molar-refractivity contribution in [2.45, 2.75) is 27.7 Å². The van der Waals surface area contributed by atoms with Crippen molar-refractivity contribution in [3.8, 4) is 0 Å². The quantitative estimate of drug-likeness (QED) is 0.459. The van der Waals surface area contributed by atoms with Gasteiger partial charge < -0.3 is 9.84 Å². The molecular formula is C13H22O4. The monoisotopic (exact) mass is 242 g/mol. The minimum absolute atomic E-state index is 0.176. The number of rotatable bonds is 2. The summed E-state index contributed by atoms with van der Waals surface area (Å²) in [4.78, 5) is 19.8. The molecule has 0 rings (SSSR count). The first-order valence-corrected chi connectivity index (χ1v) is 4.80. The molecule has 0 aromatic rings. The Bertz CT molecular complexity index is 285. The molecular weight excluding hydrogens is 220 g/mol. The zero-order chi connectivity index (χ0) is 14.6. The summed E-state index contributed by atoms with van der Waals surface area (Å²) in [7, 11) is 1.33. The Hall–Kier alpha value is -1.84. The summed E-state index contributed by atoms with van der Waals surface area (Å²) in [5, 5.41) is 7.89. The normalized spacial score (nSPS) is 7.35. The predicted molar refractivity (Wildman–Crippen MR) is 69.8 cm³/mol. The van der Waals surface area contributed by atoms with E-state index in [2.05, 4.69) is 24.5 Å². The summed E-state index contributed by atoms with van der Waals surface area (Å²) >= 11 is 0. The van der Waals surface area contributed by atoms with Gasteiger partial charge in [-0.2, -0.15) is 0 Å². The molecule has 0 aliphatic carbocycles. The van der Waals surface area contributed by atoms with E-state index >= 15 is 0 Å². The first-order valence-electron chi connectivity index (χ1n) is 4.80. The molecule has 17 heavy (non-hydrogen) atoms. The van der Waals surface area contributed by atoms with E-state index in [-0.39, 0.29) is 11.5 Å². The first kappa shape index (κ1) is 20.6. The Labute approximate surface area is 103 Å². The molecule has 0 radical (unpaired) electrons. The van der Waals surface area contributed by atoms with Gasteiger partial charge in [-0.3, -0.25) is 0 Å². The summed E-state index contributed by atoms with van der Waals surface area (Å²) in [5.41, 5.74) is 1.78. The van der Waals surface area contributed by atoms with Crippen molar-refractivity contribution in [1.29, 1.82) is 0 Å². The smallest absolute Gasteiger partial charge is 0.332 e. The van der Waals surface area contributed by atoms with E-state index in [9.17, 15) is 9.59 Å². The summed E-state index contributed by atoms with van der Waals surface area (Å²) in [5.74, 6) is -1.28. The van der Waals surface area contributed by atoms with Crippen LogP contribution in [0.3, 0.4) is 0 Å². The average Bonchev–Trinajstić information content (AvgIpc) is 2.16. The minimum atomic E-state index is -0.935. The Kier molecular flexibility index (Phi) is 14.8. The summed E-state index contributed by atoms with van der Waals surface area (Å²) < 4.78 is 4.27. The predicted octanol–water partition coefficient (Wildman–Crippen LogP) is 2.97. The second-order valence-corrected chi connectivity index (χ2v) is 3.56. The lowest BCUT2D eigenvalue weighted by Crippen LogP contribution is -1.98. The highest BCUT2D eigenvalue weighted by molar-refractivity contribution is 5.86. The number of methoxy groups -OCH3 is 1. The highest BCUT2D eigenvalue weighted by Crippen LogP contribution is 1.87. The van der Waals surface area contributed by atoms with Crippen LogP contribution in [0.5, 0.6) is 0 Å². The van der Waals surface area contributed by atoms with E-state index in [4.69, 9.17) is 5.11 Å². The maximum atomic E-state index is 10.2. The summed E-state index contributed by atoms with van der Waals surface area (Å²) in [6.07, 6.45) is 0. The molecule has 0 aliphatic heterocycles. The van der Waals surface area contributed by atoms with Gasteiger partial charge in [0.05, 0.1) is 7.11 Å². The Balaban J connectivity index is -0.000000180. The fraction of sp³-hybridized carbons (Fsp3) is 0.385. The third-order valence-corrected chi connectivity index (χ3v) is 0.899. The third-order valence-electron chi connectivity index (χ3n) is 0.899. The van der Waals surface area contributed by atoms with Crippen molar-refractivity contribution in [1.82, 2.24) is 0 Å². The minimum Gasteiger partial charge on any atom is -0.478 e. The van der Waals surface area contributed by atoms with Crippen molar-refractivity contribution in [2.75, 3.05) is 7.11 Å². The van der Waals surface area contributed by atoms with Crippen LogP contribution in [0.1, 0.15) is 27.7 Å². The molecule has 0 bridgehead atoms. The van der Waals surface area contributed by atoms with Crippen LogP contribution in [0.2, 0.25) is 0 Å². The lowest BCUT2D eigenvalue weighted by molar-refractivity contribution is -0.136. The van der Waals surface area contributed by atoms with Gasteiger partial charge in [0.2, 0.25) is 0 Å². The van der Waals surface area contributed by atoms with Gasteiger partial charge in [0.1, 0.15) is 0 Å². The fourth-order valence-electron chi connectivity index (χ4n) is 0.174. The highest BCUT2D eigenvalue weighted by atomic mass is 16.5. The van der Waals surface area contributed by atoms with Crippen molar-refractivity contribution in [3.05, 3.63) is 36.5 Å². The lowest BCUT2D eigenvalue weighted by Gasteiger charge is -1.91. The molecule has 0 aromatic heterocycles. The fourth-order valence-corrected chi connectivity index (χ4v) is 0.174. The topological polar surface area (TPSA) is 63.6 Å². The van der Waals surface area contributed by atoms with Gasteiger partial charge in [-0.05, 0) is 27.7 Å². The molecule has 4 nitrogen and oxygen atoms in total. The molecule has 1 N–H and O–H groups in total. The number of allylic oxidation sites excluding steroid dienone is 1. The second kappa shape index (κ2) is 12.2. The number of carbonyl (C=O) groups is 2. The number of hydrogen-bond donors (Lipinski definition) is 1. The SMILES string of the molecule is C=C(C)C.C=C(C)C(=O)O.C=C(C)C(=O)OC. The van der Waals surface area contributed by atoms with Gasteiger partial charge in [-0.25, -0.2) is 9.59 Å². The van der Waals surface area contributed by atoms with Crippen molar-refractivity contribution in [2.24, 2.45) is 0 Å². The number of esters is 1. The molecule has 0 saturated carbocycles. The Morgan fingerprint density at radius 1 is 0.941 bits per heavy atom. The van der Waals surface area contributed by atoms with E-state index in [1.807, 2.05) is 13.8 Å². The summed E-state index contributed by atoms with van der Waals surface area (Å²) in [6.45, 7) is 17.1. The van der Waals surface area contributed by atoms with Crippen molar-refractivity contribution >= 4 is 11.9 Å². The van der Waals surface area contributed by atoms with Gasteiger partial charge in [0.15, 0.2) is 0 Å². The summed E-state index contributed by atoms with van der Waals surface area (Å²) in [6, 6.07) is 0. The third kappa shape index (κ3) is 31.4. The van der Waals surface area contributed by atoms with Gasteiger partial charge in [-0.1, -0.05) is 18.7 Å². The van der Waals surface area contributed by atoms with Crippen LogP contribution >= 0.6 is 0 Å². The average molecular weight is 242 g/mol. The van der Waals surface area contributed by atoms with Crippen LogP contribution in [0.4, 0.5) is 0 Å². The number of carbonyl (C=O) groups excluding carboxylic acids is 1. The van der Waals surface area contributed by atoms with Gasteiger partial charge in [0, 0.05) is 11.1 Å². The van der Waals surface area contributed by atoms with E-state index in [1.165, 1.54) is 19.6 Å². The van der Waals surface area contributed by atoms with Crippen LogP contribution in [0, 0.1) is 0 Å². The van der Waals surface area contributed by atoms with Crippen molar-refractivity contribution < 1.29 is 19.4 Å². The maximum absolute atomic E-state index is 10.2. The lowest BCUT2D eigenvalue weighted by atomic mass is 10.4. The molecule has 0 spiro atoms. The highest BCUT2D eigenvalue weighted by Gasteiger charge is 1.95. The van der Waals surface area contributed by atoms with E-state index in [0.29, 0.717) is 5.57 Å². The Morgan fingerprint density at radius 2 is 1.18 bits per heavy atom. The van der Waals surface area contributed by atoms with Gasteiger partial charge in [-0.15, -0.1) is 6.58 Å². The number of carboxylic acid groups (broad SMARTS) is 1. The molecule has 0 saturated heterocycles. The van der Waals surface area contributed by atoms with Crippen LogP contribution in [-0.2, 0) is 14.3 Å². The zero-order valence-electron chi connectivity index (χ0n) is 11.3. The molecule has 0 amide bonds. The van der Waals surface area contributed by atoms with Gasteiger partial charge in [0.25, 0.3) is 0 Å². The zero-order valence-corrected chi connectivity index (χ0v) is 11.3. The molecule has 0 fully saturated rings. The van der Waals surface area contributed by atoms with E-state index < -0.39 is 5.97 Å². The molecule has 0 aliphatic rings. The van der Waals surface area contributed by atoms with E-state index in [0.717, 1.165) is 0 Å². The number of hydrogen-bond acceptors (Lipinski definition) is 3. The molecule has 4 heteroatoms. The number of aliphatic carboxylic acids is 1. The second-order valence-electron chi connectivity index (χ2n) is 3.56. The standard InChI is InChI=1S/C5H8O2.C4H6O2.C4H8/c1-4(2)5(6)7-3;1-3(2)4(5)6;1-4(2)3/h1H2,2-3H3;1H2,2H3,(H,5,6);1H2,2-3H3. The van der Waals surface area contributed by atoms with Crippen LogP contribution < -0.4 is 0 Å². The molecule has 0 unspecified atom stereocenters. The Morgan fingerprint density at radius 3 is 1.18 bits per heavy atom. The molecule has 98 valence electrons.